The van der Waals surface area contributed by atoms with E-state index in [2.05, 4.69) is 4.74 Å². The maximum Gasteiger partial charge on any atom is 0.323 e. The summed E-state index contributed by atoms with van der Waals surface area (Å²) in [6, 6.07) is 9.18. The number of esters is 1. The molecule has 1 fully saturated rings. The number of benzene rings is 1. The van der Waals surface area contributed by atoms with Crippen LogP contribution in [0.4, 0.5) is 0 Å². The highest BCUT2D eigenvalue weighted by Gasteiger charge is 2.67. The number of rotatable bonds is 3. The summed E-state index contributed by atoms with van der Waals surface area (Å²) in [4.78, 5) is 22.7. The first kappa shape index (κ1) is 10.7. The molecular weight excluding hydrogens is 208 g/mol. The summed E-state index contributed by atoms with van der Waals surface area (Å²) in [5.41, 5.74) is -0.494. The Labute approximate surface area is 92.8 Å². The number of hydrogen-bond donors (Lipinski definition) is 1. The van der Waals surface area contributed by atoms with Crippen LogP contribution in [0.3, 0.4) is 0 Å². The van der Waals surface area contributed by atoms with Crippen molar-refractivity contribution in [3.63, 3.8) is 0 Å². The van der Waals surface area contributed by atoms with Gasteiger partial charge in [0.15, 0.2) is 5.41 Å². The molecule has 16 heavy (non-hydrogen) atoms. The largest absolute Gasteiger partial charge is 0.480 e. The second-order valence-corrected chi connectivity index (χ2v) is 3.94. The van der Waals surface area contributed by atoms with Crippen LogP contribution < -0.4 is 0 Å². The average molecular weight is 220 g/mol. The van der Waals surface area contributed by atoms with Crippen molar-refractivity contribution in [2.24, 2.45) is 5.41 Å². The molecule has 0 heterocycles. The summed E-state index contributed by atoms with van der Waals surface area (Å²) in [7, 11) is 1.22. The van der Waals surface area contributed by atoms with Gasteiger partial charge in [-0.3, -0.25) is 9.59 Å². The van der Waals surface area contributed by atoms with Gasteiger partial charge in [-0.2, -0.15) is 0 Å². The molecule has 0 amide bonds. The standard InChI is InChI=1S/C12H12O4/c1-16-11(15)12(10(13)14)7-9(12)8-5-3-2-4-6-8/h2-6,9H,7H2,1H3,(H,13,14)/t9-,12?/m0/s1. The summed E-state index contributed by atoms with van der Waals surface area (Å²) in [5, 5.41) is 9.14. The molecule has 0 bridgehead atoms. The number of methoxy groups -OCH3 is 1. The third kappa shape index (κ3) is 1.38. The molecule has 0 aliphatic heterocycles. The number of carbonyl (C=O) groups is 2. The number of carbonyl (C=O) groups excluding carboxylic acids is 1. The Balaban J connectivity index is 2.30. The second-order valence-electron chi connectivity index (χ2n) is 3.94. The Bertz CT molecular complexity index is 426. The minimum Gasteiger partial charge on any atom is -0.480 e. The van der Waals surface area contributed by atoms with Crippen molar-refractivity contribution < 1.29 is 19.4 Å². The molecular formula is C12H12O4. The Hall–Kier alpha value is -1.84. The fourth-order valence-electron chi connectivity index (χ4n) is 2.08. The van der Waals surface area contributed by atoms with Gasteiger partial charge in [-0.1, -0.05) is 30.3 Å². The van der Waals surface area contributed by atoms with Crippen LogP contribution in [0.5, 0.6) is 0 Å². The van der Waals surface area contributed by atoms with Crippen molar-refractivity contribution in [2.45, 2.75) is 12.3 Å². The van der Waals surface area contributed by atoms with Crippen LogP contribution in [0.15, 0.2) is 30.3 Å². The van der Waals surface area contributed by atoms with E-state index in [1.54, 1.807) is 0 Å². The van der Waals surface area contributed by atoms with Gasteiger partial charge in [0, 0.05) is 5.92 Å². The summed E-state index contributed by atoms with van der Waals surface area (Å²) in [5.74, 6) is -2.03. The highest BCUT2D eigenvalue weighted by atomic mass is 16.5. The molecule has 1 aliphatic carbocycles. The molecule has 1 unspecified atom stereocenters. The minimum absolute atomic E-state index is 0.265. The summed E-state index contributed by atoms with van der Waals surface area (Å²) >= 11 is 0. The topological polar surface area (TPSA) is 63.6 Å². The van der Waals surface area contributed by atoms with E-state index in [0.29, 0.717) is 6.42 Å². The Morgan fingerprint density at radius 2 is 2.00 bits per heavy atom. The third-order valence-corrected chi connectivity index (χ3v) is 3.09. The van der Waals surface area contributed by atoms with Gasteiger partial charge < -0.3 is 9.84 Å². The van der Waals surface area contributed by atoms with Gasteiger partial charge >= 0.3 is 11.9 Å². The van der Waals surface area contributed by atoms with Gasteiger partial charge in [0.1, 0.15) is 0 Å². The fraction of sp³-hybridized carbons (Fsp3) is 0.333. The van der Waals surface area contributed by atoms with E-state index in [4.69, 9.17) is 5.11 Å². The summed E-state index contributed by atoms with van der Waals surface area (Å²) in [6.45, 7) is 0. The first-order valence-electron chi connectivity index (χ1n) is 4.99. The molecule has 0 spiro atoms. The van der Waals surface area contributed by atoms with E-state index in [0.717, 1.165) is 5.56 Å². The fourth-order valence-corrected chi connectivity index (χ4v) is 2.08. The van der Waals surface area contributed by atoms with E-state index in [1.165, 1.54) is 7.11 Å². The molecule has 1 aliphatic rings. The van der Waals surface area contributed by atoms with Gasteiger partial charge in [-0.25, -0.2) is 0 Å². The molecule has 0 aromatic heterocycles. The van der Waals surface area contributed by atoms with Crippen molar-refractivity contribution >= 4 is 11.9 Å². The lowest BCUT2D eigenvalue weighted by atomic mass is 9.99. The molecule has 1 aromatic carbocycles. The van der Waals surface area contributed by atoms with Gasteiger partial charge in [-0.05, 0) is 12.0 Å². The maximum absolute atomic E-state index is 11.5. The van der Waals surface area contributed by atoms with Crippen molar-refractivity contribution in [3.8, 4) is 0 Å². The van der Waals surface area contributed by atoms with Crippen LogP contribution >= 0.6 is 0 Å². The second kappa shape index (κ2) is 3.63. The first-order chi connectivity index (χ1) is 7.63. The summed E-state index contributed by atoms with van der Waals surface area (Å²) < 4.78 is 4.57. The van der Waals surface area contributed by atoms with Crippen LogP contribution in [0, 0.1) is 5.41 Å². The quantitative estimate of drug-likeness (QED) is 0.618. The predicted octanol–water partition coefficient (Wildman–Crippen LogP) is 1.42. The monoisotopic (exact) mass is 220 g/mol. The normalized spacial score (nSPS) is 27.2. The molecule has 2 atom stereocenters. The van der Waals surface area contributed by atoms with Crippen molar-refractivity contribution in [1.82, 2.24) is 0 Å². The van der Waals surface area contributed by atoms with E-state index < -0.39 is 17.4 Å². The van der Waals surface area contributed by atoms with Crippen LogP contribution in [-0.4, -0.2) is 24.2 Å². The Morgan fingerprint density at radius 3 is 2.50 bits per heavy atom. The molecule has 1 saturated carbocycles. The van der Waals surface area contributed by atoms with Gasteiger partial charge in [0.2, 0.25) is 0 Å². The van der Waals surface area contributed by atoms with E-state index >= 15 is 0 Å². The molecule has 4 nitrogen and oxygen atoms in total. The predicted molar refractivity (Wildman–Crippen MR) is 55.9 cm³/mol. The Morgan fingerprint density at radius 1 is 1.38 bits per heavy atom. The SMILES string of the molecule is COC(=O)C1(C(=O)O)C[C@H]1c1ccccc1. The highest BCUT2D eigenvalue weighted by Crippen LogP contribution is 2.60. The number of carboxylic acids is 1. The third-order valence-electron chi connectivity index (χ3n) is 3.09. The number of hydrogen-bond acceptors (Lipinski definition) is 3. The lowest BCUT2D eigenvalue weighted by Crippen LogP contribution is -2.28. The summed E-state index contributed by atoms with van der Waals surface area (Å²) in [6.07, 6.45) is 0.318. The van der Waals surface area contributed by atoms with Gasteiger partial charge in [0.05, 0.1) is 7.11 Å². The van der Waals surface area contributed by atoms with Crippen molar-refractivity contribution in [3.05, 3.63) is 35.9 Å². The zero-order valence-electron chi connectivity index (χ0n) is 8.84. The highest BCUT2D eigenvalue weighted by molar-refractivity contribution is 6.04. The lowest BCUT2D eigenvalue weighted by Gasteiger charge is -2.09. The first-order valence-corrected chi connectivity index (χ1v) is 4.99. The van der Waals surface area contributed by atoms with Crippen LogP contribution in [-0.2, 0) is 14.3 Å². The molecule has 4 heteroatoms. The lowest BCUT2D eigenvalue weighted by molar-refractivity contribution is -0.159. The molecule has 0 radical (unpaired) electrons. The number of ether oxygens (including phenoxy) is 1. The molecule has 2 rings (SSSR count). The smallest absolute Gasteiger partial charge is 0.323 e. The van der Waals surface area contributed by atoms with E-state index in [1.807, 2.05) is 30.3 Å². The minimum atomic E-state index is -1.36. The van der Waals surface area contributed by atoms with Crippen LogP contribution in [0.25, 0.3) is 0 Å². The van der Waals surface area contributed by atoms with Crippen LogP contribution in [0.2, 0.25) is 0 Å². The molecule has 0 saturated heterocycles. The molecule has 1 aromatic rings. The average Bonchev–Trinajstić information content (AvgIpc) is 3.06. The number of carboxylic acid groups (broad SMARTS) is 1. The number of aliphatic carboxylic acids is 1. The van der Waals surface area contributed by atoms with Gasteiger partial charge in [-0.15, -0.1) is 0 Å². The maximum atomic E-state index is 11.5. The van der Waals surface area contributed by atoms with E-state index in [9.17, 15) is 9.59 Å². The van der Waals surface area contributed by atoms with Gasteiger partial charge in [0.25, 0.3) is 0 Å². The Kier molecular flexibility index (Phi) is 2.42. The van der Waals surface area contributed by atoms with Crippen molar-refractivity contribution in [2.75, 3.05) is 7.11 Å². The van der Waals surface area contributed by atoms with E-state index in [-0.39, 0.29) is 5.92 Å². The van der Waals surface area contributed by atoms with Crippen LogP contribution in [0.1, 0.15) is 17.9 Å². The molecule has 1 N–H and O–H groups in total. The zero-order chi connectivity index (χ0) is 11.8. The molecule has 84 valence electrons. The van der Waals surface area contributed by atoms with Crippen molar-refractivity contribution in [1.29, 1.82) is 0 Å². The zero-order valence-corrected chi connectivity index (χ0v) is 8.84.